The molecule has 0 spiro atoms. The van der Waals surface area contributed by atoms with Gasteiger partial charge in [0.25, 0.3) is 0 Å². The maximum atomic E-state index is 11.3. The van der Waals surface area contributed by atoms with Crippen LogP contribution in [0, 0.1) is 27.1 Å². The second-order valence-electron chi connectivity index (χ2n) is 34.7. The van der Waals surface area contributed by atoms with Crippen LogP contribution in [0.4, 0.5) is 0 Å². The first-order valence-corrected chi connectivity index (χ1v) is 40.2. The zero-order valence-electron chi connectivity index (χ0n) is 65.1. The minimum Gasteiger partial charge on any atom is -0.852 e. The predicted octanol–water partition coefficient (Wildman–Crippen LogP) is 14.1. The predicted molar refractivity (Wildman–Crippen MR) is 413 cm³/mol. The molecular weight excluding hydrogens is 1320 g/mol. The van der Waals surface area contributed by atoms with Crippen LogP contribution in [-0.4, -0.2) is 164 Å². The Balaban J connectivity index is 0.000000273. The number of epoxide rings is 2. The number of aliphatic hydroxyl groups is 5. The van der Waals surface area contributed by atoms with Gasteiger partial charge in [-0.15, -0.1) is 6.10 Å². The van der Waals surface area contributed by atoms with Gasteiger partial charge in [-0.3, -0.25) is 0 Å². The SMILES string of the molecule is C.C.CC(C)(C1=CCC(O)CC1)C1=CCC(OCC(O)COC2CC=C(C(C)(C)C3=CCC(OCC(O)COC4CC=C(C(C)(C)C5=CCC(O)CC5)CC4)CC3)CC2)CC1.CC(C)(C1=CCC(OCC2CO2)CC1)C1=CCC(OCC2CO2)CC1.CC(C)(C1=CCC([O-])CC1)C1=CCC(O)CC1.[Na+]. The molecule has 584 valence electrons. The Morgan fingerprint density at radius 2 is 0.519 bits per heavy atom. The average Bonchev–Trinajstić information content (AvgIpc) is 1.29. The van der Waals surface area contributed by atoms with Crippen LogP contribution in [0.3, 0.4) is 0 Å². The van der Waals surface area contributed by atoms with Gasteiger partial charge < -0.3 is 68.5 Å². The molecule has 0 aromatic heterocycles. The fraction of sp³-hybridized carbons (Fsp3) is 0.775. The van der Waals surface area contributed by atoms with Gasteiger partial charge in [0.05, 0.1) is 108 Å². The van der Waals surface area contributed by atoms with E-state index in [1.165, 1.54) is 44.6 Å². The van der Waals surface area contributed by atoms with E-state index in [0.29, 0.717) is 57.3 Å². The van der Waals surface area contributed by atoms with E-state index >= 15 is 0 Å². The van der Waals surface area contributed by atoms with E-state index < -0.39 is 18.3 Å². The van der Waals surface area contributed by atoms with Crippen molar-refractivity contribution in [3.63, 3.8) is 0 Å². The summed E-state index contributed by atoms with van der Waals surface area (Å²) in [5, 5.41) is 62.2. The second kappa shape index (κ2) is 41.4. The standard InChI is InChI=1S/C51H80O8.C21H32O4.C15H23O2.2CH4.Na/c1-49(2,35-7-19-41(52)20-8-35)37-11-23-45(24-12-37)56-31-43(54)33-58-47-27-15-39(16-28-47)51(5,6)40-17-29-48(30-18-40)59-34-44(55)32-57-46-25-13-38(14-26-46)50(3,4)36-9-21-42(53)22-10-36;1-21(2,15-3-7-17(8-4-15)22-11-19-13-24-19)16-5-9-18(10-6-16)23-12-20-14-25-20;1-15(2,11-3-7-13(16)8-4-11)12-5-9-14(17)10-6-12;;;/h7,9,11,13,15,17,41-48,52-55H,8,10,12,14,16,18-34H2,1-6H3;3,5,17-20H,4,6-14H2,1-2H3;3,5,13-14,16H,4,6-10H2,1-2H3;2*1H4;/q;;-1;;;+1. The Labute approximate surface area is 652 Å². The number of ether oxygens (including phenoxy) is 8. The molecule has 0 bridgehead atoms. The van der Waals surface area contributed by atoms with Gasteiger partial charge >= 0.3 is 29.6 Å². The van der Waals surface area contributed by atoms with Crippen LogP contribution in [0.5, 0.6) is 0 Å². The summed E-state index contributed by atoms with van der Waals surface area (Å²) >= 11 is 0. The molecule has 14 unspecified atom stereocenters. The zero-order chi connectivity index (χ0) is 72.0. The molecule has 0 aromatic rings. The van der Waals surface area contributed by atoms with Crippen LogP contribution in [-0.2, 0) is 37.9 Å². The van der Waals surface area contributed by atoms with Crippen molar-refractivity contribution in [1.82, 2.24) is 0 Å². The molecule has 10 aliphatic carbocycles. The van der Waals surface area contributed by atoms with Crippen LogP contribution < -0.4 is 34.7 Å². The minimum absolute atomic E-state index is 0. The first-order chi connectivity index (χ1) is 48.2. The molecule has 14 atom stereocenters. The molecule has 2 fully saturated rings. The molecule has 2 heterocycles. The first-order valence-electron chi connectivity index (χ1n) is 40.2. The van der Waals surface area contributed by atoms with Crippen LogP contribution in [0.15, 0.2) is 116 Å². The molecule has 2 aliphatic heterocycles. The average molecular weight is 1460 g/mol. The largest absolute Gasteiger partial charge is 1.00 e. The summed E-state index contributed by atoms with van der Waals surface area (Å²) in [5.41, 5.74) is 15.2. The zero-order valence-corrected chi connectivity index (χ0v) is 67.1. The van der Waals surface area contributed by atoms with Crippen molar-refractivity contribution in [2.75, 3.05) is 52.9 Å². The molecule has 0 saturated carbocycles. The van der Waals surface area contributed by atoms with Crippen molar-refractivity contribution in [1.29, 1.82) is 0 Å². The van der Waals surface area contributed by atoms with Crippen molar-refractivity contribution in [3.8, 4) is 0 Å². The molecule has 104 heavy (non-hydrogen) atoms. The Bertz CT molecular complexity index is 2810. The number of aliphatic hydroxyl groups excluding tert-OH is 5. The van der Waals surface area contributed by atoms with Gasteiger partial charge in [0.1, 0.15) is 24.4 Å². The molecule has 15 heteroatoms. The van der Waals surface area contributed by atoms with E-state index in [4.69, 9.17) is 37.9 Å². The molecular formula is C89H143NaO14. The van der Waals surface area contributed by atoms with E-state index in [2.05, 4.69) is 130 Å². The van der Waals surface area contributed by atoms with Crippen molar-refractivity contribution in [3.05, 3.63) is 116 Å². The summed E-state index contributed by atoms with van der Waals surface area (Å²) in [7, 11) is 0. The molecule has 0 aromatic carbocycles. The van der Waals surface area contributed by atoms with Crippen molar-refractivity contribution >= 4 is 0 Å². The molecule has 14 nitrogen and oxygen atoms in total. The van der Waals surface area contributed by atoms with Gasteiger partial charge in [-0.05, 0) is 186 Å². The molecule has 5 N–H and O–H groups in total. The molecule has 12 rings (SSSR count). The number of rotatable bonds is 28. The van der Waals surface area contributed by atoms with E-state index in [1.54, 1.807) is 11.1 Å². The maximum absolute atomic E-state index is 11.3. The summed E-state index contributed by atoms with van der Waals surface area (Å²) in [6.45, 7) is 27.8. The van der Waals surface area contributed by atoms with Crippen molar-refractivity contribution < 1.29 is 98.1 Å². The summed E-state index contributed by atoms with van der Waals surface area (Å²) in [5.74, 6) is 0. The van der Waals surface area contributed by atoms with E-state index in [9.17, 15) is 30.6 Å². The number of hydrogen-bond donors (Lipinski definition) is 5. The Kier molecular flexibility index (Phi) is 35.4. The van der Waals surface area contributed by atoms with Gasteiger partial charge in [0, 0.05) is 27.1 Å². The first kappa shape index (κ1) is 89.0. The smallest absolute Gasteiger partial charge is 0.852 e. The molecule has 2 saturated heterocycles. The monoisotopic (exact) mass is 1460 g/mol. The normalized spacial score (nSPS) is 30.5. The summed E-state index contributed by atoms with van der Waals surface area (Å²) in [6, 6.07) is 0. The molecule has 12 aliphatic rings. The van der Waals surface area contributed by atoms with Gasteiger partial charge in [0.2, 0.25) is 0 Å². The summed E-state index contributed by atoms with van der Waals surface area (Å²) in [6.07, 6.45) is 51.4. The van der Waals surface area contributed by atoms with E-state index in [0.717, 1.165) is 213 Å². The maximum Gasteiger partial charge on any atom is 1.00 e. The second-order valence-corrected chi connectivity index (χ2v) is 34.7. The van der Waals surface area contributed by atoms with Gasteiger partial charge in [-0.2, -0.15) is 0 Å². The Hall–Kier alpha value is -2.16. The summed E-state index contributed by atoms with van der Waals surface area (Å²) in [4.78, 5) is 0. The molecule has 0 amide bonds. The van der Waals surface area contributed by atoms with Crippen LogP contribution in [0.1, 0.15) is 277 Å². The fourth-order valence-electron chi connectivity index (χ4n) is 17.6. The van der Waals surface area contributed by atoms with Crippen LogP contribution in [0.2, 0.25) is 0 Å². The van der Waals surface area contributed by atoms with E-state index in [-0.39, 0.29) is 114 Å². The van der Waals surface area contributed by atoms with Gasteiger partial charge in [0.15, 0.2) is 0 Å². The van der Waals surface area contributed by atoms with Gasteiger partial charge in [-0.25, -0.2) is 0 Å². The minimum atomic E-state index is -0.628. The van der Waals surface area contributed by atoms with Crippen LogP contribution in [0.25, 0.3) is 0 Å². The van der Waals surface area contributed by atoms with E-state index in [1.807, 2.05) is 0 Å². The fourth-order valence-corrected chi connectivity index (χ4v) is 17.6. The topological polar surface area (TPSA) is 205 Å². The van der Waals surface area contributed by atoms with Crippen LogP contribution >= 0.6 is 0 Å². The van der Waals surface area contributed by atoms with Crippen molar-refractivity contribution in [2.24, 2.45) is 27.1 Å². The van der Waals surface area contributed by atoms with Crippen molar-refractivity contribution in [2.45, 2.75) is 362 Å². The number of hydrogen-bond acceptors (Lipinski definition) is 14. The Morgan fingerprint density at radius 1 is 0.327 bits per heavy atom. The third-order valence-corrected chi connectivity index (χ3v) is 25.7. The third-order valence-electron chi connectivity index (χ3n) is 25.7. The Morgan fingerprint density at radius 3 is 0.692 bits per heavy atom. The summed E-state index contributed by atoms with van der Waals surface area (Å²) < 4.78 is 47.1. The third kappa shape index (κ3) is 26.0. The number of allylic oxidation sites excluding steroid dienone is 10. The quantitative estimate of drug-likeness (QED) is 0.0281. The van der Waals surface area contributed by atoms with Gasteiger partial charge in [-0.1, -0.05) is 207 Å². The molecule has 0 radical (unpaired) electrons.